The predicted octanol–water partition coefficient (Wildman–Crippen LogP) is 4.13. The molecular formula is C37H25N7O11S2. The van der Waals surface area contributed by atoms with Crippen molar-refractivity contribution in [1.82, 2.24) is 0 Å². The van der Waals surface area contributed by atoms with Gasteiger partial charge >= 0.3 is 5.97 Å². The van der Waals surface area contributed by atoms with E-state index in [2.05, 4.69) is 31.6 Å². The van der Waals surface area contributed by atoms with Crippen molar-refractivity contribution in [2.45, 2.75) is 0 Å². The Morgan fingerprint density at radius 1 is 0.632 bits per heavy atom. The number of carboxylic acids is 1. The van der Waals surface area contributed by atoms with Gasteiger partial charge in [0.1, 0.15) is 15.4 Å². The van der Waals surface area contributed by atoms with Crippen LogP contribution >= 0.6 is 0 Å². The number of hydrogen-bond donors (Lipinski definition) is 7. The molecule has 0 bridgehead atoms. The van der Waals surface area contributed by atoms with E-state index in [4.69, 9.17) is 5.73 Å². The number of nitrogens with one attached hydrogen (secondary N) is 3. The zero-order valence-corrected chi connectivity index (χ0v) is 30.3. The molecule has 0 heterocycles. The number of hydrazone groups is 3. The minimum atomic E-state index is -5.02. The summed E-state index contributed by atoms with van der Waals surface area (Å²) in [6.07, 6.45) is 5.59. The second-order valence-corrected chi connectivity index (χ2v) is 15.1. The highest BCUT2D eigenvalue weighted by molar-refractivity contribution is 7.91. The number of allylic oxidation sites excluding steroid dienone is 5. The fourth-order valence-corrected chi connectivity index (χ4v) is 7.29. The van der Waals surface area contributed by atoms with Crippen molar-refractivity contribution in [3.8, 4) is 0 Å². The van der Waals surface area contributed by atoms with Gasteiger partial charge < -0.3 is 10.8 Å². The highest BCUT2D eigenvalue weighted by Gasteiger charge is 2.35. The number of nitrogens with zero attached hydrogens (tertiary/aromatic N) is 3. The van der Waals surface area contributed by atoms with E-state index < -0.39 is 70.4 Å². The number of hydrogen-bond acceptors (Lipinski definition) is 15. The molecule has 57 heavy (non-hydrogen) atoms. The van der Waals surface area contributed by atoms with Gasteiger partial charge in [0.05, 0.1) is 22.8 Å². The molecule has 286 valence electrons. The Hall–Kier alpha value is -7.39. The molecule has 0 amide bonds. The topological polar surface area (TPSA) is 296 Å². The van der Waals surface area contributed by atoms with Gasteiger partial charge in [0, 0.05) is 27.6 Å². The molecule has 0 aliphatic heterocycles. The van der Waals surface area contributed by atoms with Crippen LogP contribution in [0.1, 0.15) is 31.8 Å². The highest BCUT2D eigenvalue weighted by Crippen LogP contribution is 2.33. The molecule has 18 nitrogen and oxygen atoms in total. The van der Waals surface area contributed by atoms with Gasteiger partial charge in [-0.2, -0.15) is 32.1 Å². The zero-order valence-electron chi connectivity index (χ0n) is 28.7. The maximum atomic E-state index is 13.9. The first-order valence-corrected chi connectivity index (χ1v) is 19.1. The van der Waals surface area contributed by atoms with Crippen LogP contribution in [0.5, 0.6) is 0 Å². The lowest BCUT2D eigenvalue weighted by atomic mass is 9.94. The molecule has 0 saturated heterocycles. The molecule has 0 unspecified atom stereocenters. The number of nitrogens with two attached hydrogens (primary N) is 1. The van der Waals surface area contributed by atoms with Crippen LogP contribution in [-0.2, 0) is 29.8 Å². The summed E-state index contributed by atoms with van der Waals surface area (Å²) < 4.78 is 69.4. The standard InChI is InChI=1S/C37H25N7O11S2/c38-20-6-9-23-19(13-20)15-32(57(53,54)55)33(35(23)46)43-40-21-7-5-18-14-31(56(50,51)52)34(36(47)26(18)16-21)44-42-29-11-10-28(24-3-1-2-4-25(24)29)41-39-22-8-12-30(45)27(17-22)37(48)49/h1-17,40-42H,38H2,(H,48,49)(H,50,51,52)(H,53,54,55). The van der Waals surface area contributed by atoms with Crippen molar-refractivity contribution in [2.24, 2.45) is 15.3 Å². The molecule has 0 saturated carbocycles. The Morgan fingerprint density at radius 2 is 1.21 bits per heavy atom. The summed E-state index contributed by atoms with van der Waals surface area (Å²) >= 11 is 0. The Balaban J connectivity index is 1.19. The zero-order chi connectivity index (χ0) is 40.8. The molecule has 0 atom stereocenters. The maximum absolute atomic E-state index is 13.9. The van der Waals surface area contributed by atoms with Gasteiger partial charge in [-0.15, -0.1) is 0 Å². The number of rotatable bonds is 9. The number of benzene rings is 4. The van der Waals surface area contributed by atoms with Crippen LogP contribution in [0, 0.1) is 0 Å². The van der Waals surface area contributed by atoms with Gasteiger partial charge in [-0.25, -0.2) is 4.79 Å². The van der Waals surface area contributed by atoms with Gasteiger partial charge in [-0.3, -0.25) is 39.8 Å². The smallest absolute Gasteiger partial charge is 0.339 e. The predicted molar refractivity (Wildman–Crippen MR) is 212 cm³/mol. The quantitative estimate of drug-likeness (QED) is 0.0411. The molecule has 7 rings (SSSR count). The number of carbonyl (C=O) groups is 4. The Bertz CT molecular complexity index is 2980. The minimum absolute atomic E-state index is 0.0406. The summed E-state index contributed by atoms with van der Waals surface area (Å²) in [6, 6.07) is 17.9. The first-order valence-electron chi connectivity index (χ1n) is 16.2. The summed E-state index contributed by atoms with van der Waals surface area (Å²) in [7, 11) is -9.97. The van der Waals surface area contributed by atoms with Crippen LogP contribution < -0.4 is 22.0 Å². The van der Waals surface area contributed by atoms with Crippen molar-refractivity contribution in [3.05, 3.63) is 129 Å². The molecule has 0 radical (unpaired) electrons. The number of carbonyl (C=O) groups excluding carboxylic acids is 3. The van der Waals surface area contributed by atoms with Crippen molar-refractivity contribution in [2.75, 3.05) is 22.0 Å². The third-order valence-corrected chi connectivity index (χ3v) is 10.4. The van der Waals surface area contributed by atoms with Crippen LogP contribution in [0.3, 0.4) is 0 Å². The van der Waals surface area contributed by atoms with Gasteiger partial charge in [-0.05, 0) is 84.0 Å². The normalized spacial score (nSPS) is 17.5. The molecular weight excluding hydrogens is 783 g/mol. The molecule has 20 heteroatoms. The average molecular weight is 808 g/mol. The number of Topliss-reactive ketones (excluding diaryl/α,β-unsaturated/α-hetero) is 2. The SMILES string of the molecule is Nc1ccc2c(c1)C=C(S(=O)(=O)O)C(=NNc1ccc3c(c1)C(=O)C(=NNc1ccc(NN=C4C=CC(=O)C(C(=O)O)=C4)c4ccccc14)C(S(=O)(=O)O)=C3)C2=O. The van der Waals surface area contributed by atoms with Crippen molar-refractivity contribution in [1.29, 1.82) is 0 Å². The molecule has 0 aromatic heterocycles. The highest BCUT2D eigenvalue weighted by atomic mass is 32.2. The van der Waals surface area contributed by atoms with E-state index >= 15 is 0 Å². The third kappa shape index (κ3) is 7.51. The molecule has 0 spiro atoms. The Labute approximate surface area is 321 Å². The second-order valence-electron chi connectivity index (χ2n) is 12.3. The van der Waals surface area contributed by atoms with Crippen LogP contribution in [0.25, 0.3) is 22.9 Å². The summed E-state index contributed by atoms with van der Waals surface area (Å²) in [4.78, 5) is 48.7. The molecule has 4 aromatic carbocycles. The van der Waals surface area contributed by atoms with Crippen LogP contribution in [0.4, 0.5) is 22.7 Å². The first kappa shape index (κ1) is 37.9. The summed E-state index contributed by atoms with van der Waals surface area (Å²) in [5.74, 6) is -3.88. The number of nitrogen functional groups attached to an aromatic ring is 1. The number of anilines is 4. The largest absolute Gasteiger partial charge is 0.478 e. The van der Waals surface area contributed by atoms with E-state index in [0.717, 1.165) is 24.3 Å². The molecule has 8 N–H and O–H groups in total. The Morgan fingerprint density at radius 3 is 1.82 bits per heavy atom. The lowest BCUT2D eigenvalue weighted by molar-refractivity contribution is -0.134. The van der Waals surface area contributed by atoms with E-state index in [1.807, 2.05) is 0 Å². The maximum Gasteiger partial charge on any atom is 0.339 e. The van der Waals surface area contributed by atoms with E-state index in [9.17, 15) is 50.2 Å². The fraction of sp³-hybridized carbons (Fsp3) is 0. The number of fused-ring (bicyclic) bond motifs is 3. The van der Waals surface area contributed by atoms with E-state index in [0.29, 0.717) is 16.5 Å². The van der Waals surface area contributed by atoms with Gasteiger partial charge in [-0.1, -0.05) is 30.3 Å². The molecule has 3 aliphatic carbocycles. The minimum Gasteiger partial charge on any atom is -0.478 e. The summed E-state index contributed by atoms with van der Waals surface area (Å²) in [5.41, 5.74) is 13.3. The molecule has 3 aliphatic rings. The van der Waals surface area contributed by atoms with Crippen molar-refractivity contribution >= 4 is 106 Å². The second kappa shape index (κ2) is 14.4. The number of carboxylic acid groups (broad SMARTS) is 1. The fourth-order valence-electron chi connectivity index (χ4n) is 5.97. The van der Waals surface area contributed by atoms with E-state index in [1.165, 1.54) is 48.5 Å². The van der Waals surface area contributed by atoms with Crippen molar-refractivity contribution < 1.29 is 50.2 Å². The van der Waals surface area contributed by atoms with Crippen LogP contribution in [0.15, 0.2) is 122 Å². The van der Waals surface area contributed by atoms with E-state index in [-0.39, 0.29) is 45.0 Å². The lowest BCUT2D eigenvalue weighted by Crippen LogP contribution is -2.28. The Kier molecular flexibility index (Phi) is 9.55. The molecule has 0 fully saturated rings. The monoisotopic (exact) mass is 807 g/mol. The van der Waals surface area contributed by atoms with Crippen LogP contribution in [0.2, 0.25) is 0 Å². The lowest BCUT2D eigenvalue weighted by Gasteiger charge is -2.18. The van der Waals surface area contributed by atoms with Crippen molar-refractivity contribution in [3.63, 3.8) is 0 Å². The average Bonchev–Trinajstić information content (AvgIpc) is 3.16. The summed E-state index contributed by atoms with van der Waals surface area (Å²) in [5, 5.41) is 22.5. The van der Waals surface area contributed by atoms with Gasteiger partial charge in [0.2, 0.25) is 11.6 Å². The van der Waals surface area contributed by atoms with Gasteiger partial charge in [0.25, 0.3) is 20.2 Å². The van der Waals surface area contributed by atoms with Gasteiger partial charge in [0.15, 0.2) is 17.2 Å². The van der Waals surface area contributed by atoms with E-state index in [1.54, 1.807) is 30.3 Å². The first-order chi connectivity index (χ1) is 27.0. The number of ketones is 3. The van der Waals surface area contributed by atoms with Crippen LogP contribution in [-0.4, -0.2) is 71.5 Å². The third-order valence-electron chi connectivity index (χ3n) is 8.65. The summed E-state index contributed by atoms with van der Waals surface area (Å²) in [6.45, 7) is 0. The molecule has 4 aromatic rings. The number of aliphatic carboxylic acids is 1.